The number of hydrogen-bond donors (Lipinski definition) is 1. The van der Waals surface area contributed by atoms with Crippen molar-refractivity contribution in [2.45, 2.75) is 6.42 Å². The Bertz CT molecular complexity index is 358. The molecule has 84 valence electrons. The van der Waals surface area contributed by atoms with Gasteiger partial charge in [0.2, 0.25) is 0 Å². The van der Waals surface area contributed by atoms with E-state index < -0.39 is 0 Å². The highest BCUT2D eigenvalue weighted by Gasteiger charge is 2.17. The van der Waals surface area contributed by atoms with Gasteiger partial charge in [0.25, 0.3) is 0 Å². The Balaban J connectivity index is 3.30. The minimum atomic E-state index is -0.378. The van der Waals surface area contributed by atoms with E-state index in [-0.39, 0.29) is 5.82 Å². The Morgan fingerprint density at radius 2 is 1.93 bits per heavy atom. The number of ether oxygens (including phenoxy) is 2. The fourth-order valence-electron chi connectivity index (χ4n) is 1.33. The SMILES string of the molecule is COc1cc(OC)c(CCN)c(F)c1Br. The van der Waals surface area contributed by atoms with E-state index in [2.05, 4.69) is 15.9 Å². The summed E-state index contributed by atoms with van der Waals surface area (Å²) in [5.41, 5.74) is 5.87. The van der Waals surface area contributed by atoms with Gasteiger partial charge in [-0.3, -0.25) is 0 Å². The smallest absolute Gasteiger partial charge is 0.148 e. The van der Waals surface area contributed by atoms with Crippen molar-refractivity contribution < 1.29 is 13.9 Å². The summed E-state index contributed by atoms with van der Waals surface area (Å²) in [5, 5.41) is 0. The average molecular weight is 278 g/mol. The number of nitrogens with two attached hydrogens (primary N) is 1. The van der Waals surface area contributed by atoms with Crippen LogP contribution in [0.15, 0.2) is 10.5 Å². The maximum absolute atomic E-state index is 13.8. The molecule has 1 aromatic carbocycles. The minimum Gasteiger partial charge on any atom is -0.496 e. The van der Waals surface area contributed by atoms with Crippen LogP contribution in [0.1, 0.15) is 5.56 Å². The van der Waals surface area contributed by atoms with Crippen LogP contribution in [0.5, 0.6) is 11.5 Å². The minimum absolute atomic E-state index is 0.300. The molecule has 0 fully saturated rings. The van der Waals surface area contributed by atoms with Crippen LogP contribution in [0.25, 0.3) is 0 Å². The van der Waals surface area contributed by atoms with Crippen LogP contribution in [0.4, 0.5) is 4.39 Å². The summed E-state index contributed by atoms with van der Waals surface area (Å²) >= 11 is 3.13. The molecular weight excluding hydrogens is 265 g/mol. The van der Waals surface area contributed by atoms with Crippen LogP contribution in [-0.2, 0) is 6.42 Å². The van der Waals surface area contributed by atoms with E-state index >= 15 is 0 Å². The van der Waals surface area contributed by atoms with Crippen molar-refractivity contribution in [2.75, 3.05) is 20.8 Å². The number of benzene rings is 1. The second-order valence-corrected chi connectivity index (χ2v) is 3.72. The zero-order valence-electron chi connectivity index (χ0n) is 8.64. The van der Waals surface area contributed by atoms with Gasteiger partial charge >= 0.3 is 0 Å². The highest BCUT2D eigenvalue weighted by molar-refractivity contribution is 9.10. The summed E-state index contributed by atoms with van der Waals surface area (Å²) in [7, 11) is 2.96. The van der Waals surface area contributed by atoms with Gasteiger partial charge in [-0.2, -0.15) is 0 Å². The third-order valence-corrected chi connectivity index (χ3v) is 2.81. The molecule has 0 bridgehead atoms. The summed E-state index contributed by atoms with van der Waals surface area (Å²) in [5.74, 6) is 0.486. The maximum atomic E-state index is 13.8. The Kier molecular flexibility index (Phi) is 4.35. The predicted octanol–water partition coefficient (Wildman–Crippen LogP) is 2.11. The zero-order valence-corrected chi connectivity index (χ0v) is 10.2. The normalized spacial score (nSPS) is 10.2. The van der Waals surface area contributed by atoms with Crippen LogP contribution < -0.4 is 15.2 Å². The van der Waals surface area contributed by atoms with E-state index in [4.69, 9.17) is 15.2 Å². The highest BCUT2D eigenvalue weighted by atomic mass is 79.9. The molecule has 5 heteroatoms. The third kappa shape index (κ3) is 2.41. The summed E-state index contributed by atoms with van der Waals surface area (Å²) in [4.78, 5) is 0. The Labute approximate surface area is 96.5 Å². The molecule has 2 N–H and O–H groups in total. The van der Waals surface area contributed by atoms with E-state index in [1.807, 2.05) is 0 Å². The summed E-state index contributed by atoms with van der Waals surface area (Å²) in [6, 6.07) is 1.64. The first-order valence-corrected chi connectivity index (χ1v) is 5.23. The summed E-state index contributed by atoms with van der Waals surface area (Å²) in [6.45, 7) is 0.367. The lowest BCUT2D eigenvalue weighted by Crippen LogP contribution is -2.07. The van der Waals surface area contributed by atoms with Gasteiger partial charge in [0, 0.05) is 11.6 Å². The first kappa shape index (κ1) is 12.3. The van der Waals surface area contributed by atoms with Gasteiger partial charge in [-0.05, 0) is 28.9 Å². The van der Waals surface area contributed by atoms with E-state index in [1.54, 1.807) is 6.07 Å². The maximum Gasteiger partial charge on any atom is 0.148 e. The third-order valence-electron chi connectivity index (χ3n) is 2.07. The lowest BCUT2D eigenvalue weighted by atomic mass is 10.1. The number of halogens is 2. The van der Waals surface area contributed by atoms with E-state index in [9.17, 15) is 4.39 Å². The molecule has 0 heterocycles. The van der Waals surface area contributed by atoms with E-state index in [1.165, 1.54) is 14.2 Å². The first-order chi connectivity index (χ1) is 7.15. The molecular formula is C10H13BrFNO2. The molecule has 0 aliphatic carbocycles. The Morgan fingerprint density at radius 1 is 1.33 bits per heavy atom. The monoisotopic (exact) mass is 277 g/mol. The topological polar surface area (TPSA) is 44.5 Å². The van der Waals surface area contributed by atoms with Gasteiger partial charge < -0.3 is 15.2 Å². The van der Waals surface area contributed by atoms with Gasteiger partial charge in [0.05, 0.1) is 18.7 Å². The summed E-state index contributed by atoms with van der Waals surface area (Å²) in [6.07, 6.45) is 0.428. The van der Waals surface area contributed by atoms with Gasteiger partial charge in [-0.15, -0.1) is 0 Å². The molecule has 3 nitrogen and oxygen atoms in total. The molecule has 0 spiro atoms. The van der Waals surface area contributed by atoms with Gasteiger partial charge in [-0.25, -0.2) is 4.39 Å². The largest absolute Gasteiger partial charge is 0.496 e. The molecule has 0 unspecified atom stereocenters. The molecule has 0 radical (unpaired) electrons. The lowest BCUT2D eigenvalue weighted by molar-refractivity contribution is 0.381. The van der Waals surface area contributed by atoms with E-state index in [0.717, 1.165) is 0 Å². The predicted molar refractivity (Wildman–Crippen MR) is 60.0 cm³/mol. The second kappa shape index (κ2) is 5.32. The van der Waals surface area contributed by atoms with Crippen LogP contribution in [0.3, 0.4) is 0 Å². The van der Waals surface area contributed by atoms with Gasteiger partial charge in [0.15, 0.2) is 0 Å². The first-order valence-electron chi connectivity index (χ1n) is 4.44. The van der Waals surface area contributed by atoms with Crippen LogP contribution in [-0.4, -0.2) is 20.8 Å². The van der Waals surface area contributed by atoms with Crippen molar-refractivity contribution in [3.05, 3.63) is 21.9 Å². The zero-order chi connectivity index (χ0) is 11.4. The molecule has 0 saturated heterocycles. The molecule has 15 heavy (non-hydrogen) atoms. The standard InChI is InChI=1S/C10H13BrFNO2/c1-14-7-5-8(15-2)9(11)10(12)6(7)3-4-13/h5H,3-4,13H2,1-2H3. The number of methoxy groups -OCH3 is 2. The van der Waals surface area contributed by atoms with Crippen molar-refractivity contribution in [2.24, 2.45) is 5.73 Å². The van der Waals surface area contributed by atoms with Crippen molar-refractivity contribution in [3.63, 3.8) is 0 Å². The quantitative estimate of drug-likeness (QED) is 0.917. The highest BCUT2D eigenvalue weighted by Crippen LogP contribution is 2.36. The molecule has 0 aliphatic rings. The van der Waals surface area contributed by atoms with Gasteiger partial charge in [0.1, 0.15) is 17.3 Å². The molecule has 0 saturated carbocycles. The molecule has 1 rings (SSSR count). The van der Waals surface area contributed by atoms with Crippen molar-refractivity contribution in [1.82, 2.24) is 0 Å². The van der Waals surface area contributed by atoms with Crippen LogP contribution in [0, 0.1) is 5.82 Å². The number of rotatable bonds is 4. The fourth-order valence-corrected chi connectivity index (χ4v) is 1.84. The molecule has 0 amide bonds. The Morgan fingerprint density at radius 3 is 2.40 bits per heavy atom. The molecule has 0 aromatic heterocycles. The van der Waals surface area contributed by atoms with Gasteiger partial charge in [-0.1, -0.05) is 0 Å². The van der Waals surface area contributed by atoms with Crippen molar-refractivity contribution in [1.29, 1.82) is 0 Å². The van der Waals surface area contributed by atoms with Crippen LogP contribution >= 0.6 is 15.9 Å². The molecule has 1 aromatic rings. The van der Waals surface area contributed by atoms with Crippen molar-refractivity contribution in [3.8, 4) is 11.5 Å². The molecule has 0 atom stereocenters. The number of hydrogen-bond acceptors (Lipinski definition) is 3. The summed E-state index contributed by atoms with van der Waals surface area (Å²) < 4.78 is 24.2. The Hall–Kier alpha value is -0.810. The fraction of sp³-hybridized carbons (Fsp3) is 0.400. The van der Waals surface area contributed by atoms with E-state index in [0.29, 0.717) is 34.5 Å². The van der Waals surface area contributed by atoms with Crippen molar-refractivity contribution >= 4 is 15.9 Å². The lowest BCUT2D eigenvalue weighted by Gasteiger charge is -2.13. The second-order valence-electron chi connectivity index (χ2n) is 2.93. The average Bonchev–Trinajstić information content (AvgIpc) is 2.25. The van der Waals surface area contributed by atoms with Crippen LogP contribution in [0.2, 0.25) is 0 Å². The molecule has 0 aliphatic heterocycles.